The Balaban J connectivity index is 2.52. The van der Waals surface area contributed by atoms with Gasteiger partial charge in [0.05, 0.1) is 11.6 Å². The molecule has 0 saturated carbocycles. The monoisotopic (exact) mass is 275 g/mol. The van der Waals surface area contributed by atoms with Crippen molar-refractivity contribution in [2.24, 2.45) is 5.92 Å². The number of hydrogen-bond acceptors (Lipinski definition) is 1. The molecule has 0 aromatic heterocycles. The van der Waals surface area contributed by atoms with Gasteiger partial charge in [-0.05, 0) is 47.6 Å². The number of benzene rings is 2. The highest BCUT2D eigenvalue weighted by atomic mass is 14.3. The summed E-state index contributed by atoms with van der Waals surface area (Å²) in [5, 5.41) is 9.41. The minimum Gasteiger partial charge on any atom is -0.192 e. The molecular formula is C20H21N. The highest BCUT2D eigenvalue weighted by molar-refractivity contribution is 5.80. The summed E-state index contributed by atoms with van der Waals surface area (Å²) in [5.74, 6) is 0.547. The van der Waals surface area contributed by atoms with Gasteiger partial charge in [-0.1, -0.05) is 62.4 Å². The van der Waals surface area contributed by atoms with Gasteiger partial charge in [-0.25, -0.2) is 0 Å². The summed E-state index contributed by atoms with van der Waals surface area (Å²) in [6.07, 6.45) is 0.936. The van der Waals surface area contributed by atoms with Crippen molar-refractivity contribution in [1.82, 2.24) is 0 Å². The summed E-state index contributed by atoms with van der Waals surface area (Å²) in [5.41, 5.74) is 6.30. The number of rotatable bonds is 4. The fourth-order valence-electron chi connectivity index (χ4n) is 2.57. The van der Waals surface area contributed by atoms with Crippen molar-refractivity contribution < 1.29 is 0 Å². The van der Waals surface area contributed by atoms with E-state index in [1.54, 1.807) is 0 Å². The molecule has 0 amide bonds. The van der Waals surface area contributed by atoms with Gasteiger partial charge in [-0.15, -0.1) is 0 Å². The van der Waals surface area contributed by atoms with Crippen LogP contribution in [0.25, 0.3) is 16.7 Å². The highest BCUT2D eigenvalue weighted by Crippen LogP contribution is 2.29. The Kier molecular flexibility index (Phi) is 4.60. The van der Waals surface area contributed by atoms with Crippen LogP contribution in [0.5, 0.6) is 0 Å². The average molecular weight is 275 g/mol. The molecule has 2 aromatic carbocycles. The second-order valence-electron chi connectivity index (χ2n) is 5.91. The minimum atomic E-state index is 0.547. The van der Waals surface area contributed by atoms with E-state index in [9.17, 15) is 5.26 Å². The van der Waals surface area contributed by atoms with E-state index in [2.05, 4.69) is 50.8 Å². The van der Waals surface area contributed by atoms with Gasteiger partial charge in [0.25, 0.3) is 0 Å². The fraction of sp³-hybridized carbons (Fsp3) is 0.250. The average Bonchev–Trinajstić information content (AvgIpc) is 2.47. The molecule has 0 radical (unpaired) electrons. The number of allylic oxidation sites excluding steroid dienone is 1. The normalized spacial score (nSPS) is 10.4. The van der Waals surface area contributed by atoms with Gasteiger partial charge in [0.2, 0.25) is 0 Å². The molecule has 0 spiro atoms. The van der Waals surface area contributed by atoms with Crippen LogP contribution in [-0.4, -0.2) is 0 Å². The molecule has 0 atom stereocenters. The third-order valence-electron chi connectivity index (χ3n) is 3.56. The number of nitrogens with zero attached hydrogens (tertiary/aromatic N) is 1. The van der Waals surface area contributed by atoms with E-state index in [-0.39, 0.29) is 0 Å². The van der Waals surface area contributed by atoms with Crippen LogP contribution in [0, 0.1) is 17.2 Å². The predicted molar refractivity (Wildman–Crippen MR) is 89.8 cm³/mol. The van der Waals surface area contributed by atoms with Gasteiger partial charge < -0.3 is 0 Å². The Morgan fingerprint density at radius 3 is 2.52 bits per heavy atom. The smallest absolute Gasteiger partial charge is 0.0994 e. The molecule has 2 rings (SSSR count). The van der Waals surface area contributed by atoms with Crippen molar-refractivity contribution in [3.05, 3.63) is 65.7 Å². The van der Waals surface area contributed by atoms with Crippen molar-refractivity contribution in [3.63, 3.8) is 0 Å². The first-order valence-electron chi connectivity index (χ1n) is 7.31. The molecule has 0 heterocycles. The van der Waals surface area contributed by atoms with Gasteiger partial charge in [-0.3, -0.25) is 0 Å². The van der Waals surface area contributed by atoms with Crippen molar-refractivity contribution in [2.75, 3.05) is 0 Å². The molecule has 0 saturated heterocycles. The van der Waals surface area contributed by atoms with E-state index in [0.29, 0.717) is 5.92 Å². The van der Waals surface area contributed by atoms with Crippen LogP contribution in [-0.2, 0) is 6.42 Å². The maximum atomic E-state index is 9.41. The van der Waals surface area contributed by atoms with Crippen LogP contribution < -0.4 is 0 Å². The van der Waals surface area contributed by atoms with Crippen molar-refractivity contribution in [1.29, 1.82) is 5.26 Å². The lowest BCUT2D eigenvalue weighted by Gasteiger charge is -2.12. The van der Waals surface area contributed by atoms with Crippen molar-refractivity contribution in [3.8, 4) is 17.2 Å². The Morgan fingerprint density at radius 2 is 1.90 bits per heavy atom. The van der Waals surface area contributed by atoms with E-state index >= 15 is 0 Å². The number of hydrogen-bond donors (Lipinski definition) is 0. The van der Waals surface area contributed by atoms with Crippen molar-refractivity contribution >= 4 is 5.57 Å². The summed E-state index contributed by atoms with van der Waals surface area (Å²) in [4.78, 5) is 0. The Hall–Kier alpha value is -2.33. The van der Waals surface area contributed by atoms with Gasteiger partial charge in [0, 0.05) is 0 Å². The number of nitriles is 1. The third-order valence-corrected chi connectivity index (χ3v) is 3.56. The maximum absolute atomic E-state index is 9.41. The van der Waals surface area contributed by atoms with Gasteiger partial charge >= 0.3 is 0 Å². The topological polar surface area (TPSA) is 23.8 Å². The Bertz CT molecular complexity index is 702. The van der Waals surface area contributed by atoms with Crippen LogP contribution in [0.3, 0.4) is 0 Å². The van der Waals surface area contributed by atoms with E-state index < -0.39 is 0 Å². The maximum Gasteiger partial charge on any atom is 0.0994 e. The molecule has 0 N–H and O–H groups in total. The molecule has 0 aliphatic carbocycles. The lowest BCUT2D eigenvalue weighted by molar-refractivity contribution is 0.646. The quantitative estimate of drug-likeness (QED) is 0.727. The summed E-state index contributed by atoms with van der Waals surface area (Å²) in [7, 11) is 0. The first-order chi connectivity index (χ1) is 10.0. The zero-order valence-electron chi connectivity index (χ0n) is 13.0. The summed E-state index contributed by atoms with van der Waals surface area (Å²) in [6.45, 7) is 10.4. The fourth-order valence-corrected chi connectivity index (χ4v) is 2.57. The first-order valence-corrected chi connectivity index (χ1v) is 7.31. The standard InChI is InChI=1S/C20H21N/c1-14(2)11-16-9-10-17(12-18(16)13-21)20-8-6-5-7-19(20)15(3)4/h5-10,12,14H,3,11H2,1-2,4H3. The van der Waals surface area contributed by atoms with Crippen LogP contribution in [0.2, 0.25) is 0 Å². The van der Waals surface area contributed by atoms with Crippen molar-refractivity contribution in [2.45, 2.75) is 27.2 Å². The van der Waals surface area contributed by atoms with Crippen LogP contribution >= 0.6 is 0 Å². The van der Waals surface area contributed by atoms with Gasteiger partial charge in [0.15, 0.2) is 0 Å². The Labute approximate surface area is 127 Å². The lowest BCUT2D eigenvalue weighted by atomic mass is 9.91. The molecule has 0 unspecified atom stereocenters. The third kappa shape index (κ3) is 3.41. The van der Waals surface area contributed by atoms with Crippen LogP contribution in [0.15, 0.2) is 49.0 Å². The molecule has 1 heteroatoms. The molecule has 106 valence electrons. The van der Waals surface area contributed by atoms with Crippen LogP contribution in [0.1, 0.15) is 37.5 Å². The lowest BCUT2D eigenvalue weighted by Crippen LogP contribution is -1.98. The molecule has 0 fully saturated rings. The zero-order chi connectivity index (χ0) is 15.4. The second-order valence-corrected chi connectivity index (χ2v) is 5.91. The zero-order valence-corrected chi connectivity index (χ0v) is 13.0. The summed E-state index contributed by atoms with van der Waals surface area (Å²) >= 11 is 0. The largest absolute Gasteiger partial charge is 0.192 e. The summed E-state index contributed by atoms with van der Waals surface area (Å²) in [6, 6.07) is 16.7. The first kappa shape index (κ1) is 15.1. The van der Waals surface area contributed by atoms with E-state index in [4.69, 9.17) is 0 Å². The van der Waals surface area contributed by atoms with Gasteiger partial charge in [-0.2, -0.15) is 5.26 Å². The van der Waals surface area contributed by atoms with E-state index in [0.717, 1.165) is 39.8 Å². The molecule has 21 heavy (non-hydrogen) atoms. The predicted octanol–water partition coefficient (Wildman–Crippen LogP) is 5.46. The molecule has 0 bridgehead atoms. The van der Waals surface area contributed by atoms with E-state index in [1.807, 2.05) is 25.1 Å². The molecular weight excluding hydrogens is 254 g/mol. The van der Waals surface area contributed by atoms with Gasteiger partial charge in [0.1, 0.15) is 0 Å². The van der Waals surface area contributed by atoms with Crippen LogP contribution in [0.4, 0.5) is 0 Å². The highest BCUT2D eigenvalue weighted by Gasteiger charge is 2.09. The van der Waals surface area contributed by atoms with E-state index in [1.165, 1.54) is 0 Å². The molecule has 2 aromatic rings. The minimum absolute atomic E-state index is 0.547. The Morgan fingerprint density at radius 1 is 1.19 bits per heavy atom. The second kappa shape index (κ2) is 6.41. The SMILES string of the molecule is C=C(C)c1ccccc1-c1ccc(CC(C)C)c(C#N)c1. The molecule has 1 nitrogen and oxygen atoms in total. The molecule has 0 aliphatic rings. The summed E-state index contributed by atoms with van der Waals surface area (Å²) < 4.78 is 0. The molecule has 0 aliphatic heterocycles.